The molecule has 1 aliphatic heterocycles. The van der Waals surface area contributed by atoms with Crippen molar-refractivity contribution in [2.75, 3.05) is 0 Å². The van der Waals surface area contributed by atoms with Gasteiger partial charge >= 0.3 is 0 Å². The molecule has 0 saturated carbocycles. The van der Waals surface area contributed by atoms with Crippen molar-refractivity contribution < 1.29 is 5.11 Å². The van der Waals surface area contributed by atoms with E-state index in [1.807, 2.05) is 19.1 Å². The van der Waals surface area contributed by atoms with Crippen LogP contribution in [0, 0.1) is 5.92 Å². The van der Waals surface area contributed by atoms with Gasteiger partial charge < -0.3 is 10.4 Å². The van der Waals surface area contributed by atoms with Gasteiger partial charge in [0.2, 0.25) is 0 Å². The van der Waals surface area contributed by atoms with Crippen molar-refractivity contribution in [1.29, 1.82) is 0 Å². The van der Waals surface area contributed by atoms with Crippen LogP contribution in [0.4, 0.5) is 0 Å². The van der Waals surface area contributed by atoms with Crippen molar-refractivity contribution in [3.8, 4) is 0 Å². The first kappa shape index (κ1) is 17.9. The third-order valence-electron chi connectivity index (χ3n) is 5.44. The van der Waals surface area contributed by atoms with Crippen LogP contribution in [-0.2, 0) is 0 Å². The Labute approximate surface area is 151 Å². The summed E-state index contributed by atoms with van der Waals surface area (Å²) in [6, 6.07) is 21.3. The molecule has 0 radical (unpaired) electrons. The third kappa shape index (κ3) is 3.86. The smallest absolute Gasteiger partial charge is 0.0748 e. The zero-order valence-electron chi connectivity index (χ0n) is 15.3. The maximum absolute atomic E-state index is 11.7. The fourth-order valence-corrected chi connectivity index (χ4v) is 4.44. The maximum atomic E-state index is 11.7. The van der Waals surface area contributed by atoms with E-state index in [2.05, 4.69) is 67.4 Å². The molecule has 4 atom stereocenters. The lowest BCUT2D eigenvalue weighted by molar-refractivity contribution is -0.0759. The molecule has 1 aliphatic rings. The lowest BCUT2D eigenvalue weighted by atomic mass is 9.67. The van der Waals surface area contributed by atoms with Crippen LogP contribution < -0.4 is 5.32 Å². The highest BCUT2D eigenvalue weighted by Gasteiger charge is 2.47. The molecule has 1 saturated heterocycles. The molecule has 0 spiro atoms. The molecule has 2 nitrogen and oxygen atoms in total. The topological polar surface area (TPSA) is 32.3 Å². The summed E-state index contributed by atoms with van der Waals surface area (Å²) < 4.78 is 0. The molecule has 2 N–H and O–H groups in total. The molecule has 0 aliphatic carbocycles. The van der Waals surface area contributed by atoms with E-state index in [0.717, 1.165) is 12.0 Å². The second kappa shape index (κ2) is 7.55. The Hall–Kier alpha value is -1.90. The normalized spacial score (nSPS) is 29.3. The summed E-state index contributed by atoms with van der Waals surface area (Å²) in [5, 5.41) is 15.5. The number of benzene rings is 2. The SMILES string of the molecule is C=C(C)C[C@]1(O)C[C@H](c2ccccc2)N[C@@H](c2ccccc2)[C@@H]1CC. The molecule has 1 fully saturated rings. The van der Waals surface area contributed by atoms with Gasteiger partial charge in [0.25, 0.3) is 0 Å². The Morgan fingerprint density at radius 2 is 1.64 bits per heavy atom. The molecule has 2 aromatic rings. The molecule has 1 heterocycles. The van der Waals surface area contributed by atoms with Gasteiger partial charge in [0, 0.05) is 18.0 Å². The predicted molar refractivity (Wildman–Crippen MR) is 104 cm³/mol. The summed E-state index contributed by atoms with van der Waals surface area (Å²) in [4.78, 5) is 0. The molecule has 132 valence electrons. The van der Waals surface area contributed by atoms with Crippen molar-refractivity contribution >= 4 is 0 Å². The second-order valence-electron chi connectivity index (χ2n) is 7.47. The first-order chi connectivity index (χ1) is 12.0. The fraction of sp³-hybridized carbons (Fsp3) is 0.391. The number of hydrogen-bond acceptors (Lipinski definition) is 2. The van der Waals surface area contributed by atoms with Crippen molar-refractivity contribution in [2.24, 2.45) is 5.92 Å². The average molecular weight is 335 g/mol. The Kier molecular flexibility index (Phi) is 5.41. The summed E-state index contributed by atoms with van der Waals surface area (Å²) in [5.41, 5.74) is 2.78. The zero-order chi connectivity index (χ0) is 17.9. The fourth-order valence-electron chi connectivity index (χ4n) is 4.44. The van der Waals surface area contributed by atoms with Crippen LogP contribution in [0.15, 0.2) is 72.8 Å². The highest BCUT2D eigenvalue weighted by atomic mass is 16.3. The van der Waals surface area contributed by atoms with Crippen molar-refractivity contribution in [2.45, 2.75) is 50.8 Å². The van der Waals surface area contributed by atoms with Gasteiger partial charge in [-0.25, -0.2) is 0 Å². The van der Waals surface area contributed by atoms with Gasteiger partial charge in [-0.15, -0.1) is 6.58 Å². The van der Waals surface area contributed by atoms with Crippen molar-refractivity contribution in [1.82, 2.24) is 5.32 Å². The molecule has 0 unspecified atom stereocenters. The van der Waals surface area contributed by atoms with Gasteiger partial charge in [-0.2, -0.15) is 0 Å². The molecule has 3 rings (SSSR count). The van der Waals surface area contributed by atoms with Crippen molar-refractivity contribution in [3.63, 3.8) is 0 Å². The number of rotatable bonds is 5. The number of hydrogen-bond donors (Lipinski definition) is 2. The minimum atomic E-state index is -0.743. The van der Waals surface area contributed by atoms with Gasteiger partial charge in [0.05, 0.1) is 5.60 Å². The van der Waals surface area contributed by atoms with Crippen LogP contribution in [0.1, 0.15) is 56.3 Å². The number of aliphatic hydroxyl groups is 1. The van der Waals surface area contributed by atoms with Gasteiger partial charge in [-0.1, -0.05) is 73.2 Å². The zero-order valence-corrected chi connectivity index (χ0v) is 15.3. The Balaban J connectivity index is 2.01. The third-order valence-corrected chi connectivity index (χ3v) is 5.44. The van der Waals surface area contributed by atoms with Gasteiger partial charge in [0.1, 0.15) is 0 Å². The monoisotopic (exact) mass is 335 g/mol. The predicted octanol–water partition coefficient (Wildman–Crippen LogP) is 5.19. The molecule has 25 heavy (non-hydrogen) atoms. The van der Waals surface area contributed by atoms with Crippen LogP contribution in [0.25, 0.3) is 0 Å². The maximum Gasteiger partial charge on any atom is 0.0748 e. The summed E-state index contributed by atoms with van der Waals surface area (Å²) >= 11 is 0. The largest absolute Gasteiger partial charge is 0.389 e. The minimum Gasteiger partial charge on any atom is -0.389 e. The molecule has 0 aromatic heterocycles. The van der Waals surface area contributed by atoms with Gasteiger partial charge in [-0.3, -0.25) is 0 Å². The summed E-state index contributed by atoms with van der Waals surface area (Å²) in [6.45, 7) is 8.27. The van der Waals surface area contributed by atoms with Crippen LogP contribution in [0.2, 0.25) is 0 Å². The van der Waals surface area contributed by atoms with Crippen LogP contribution in [0.3, 0.4) is 0 Å². The van der Waals surface area contributed by atoms with Gasteiger partial charge in [0.15, 0.2) is 0 Å². The standard InChI is InChI=1S/C23H29NO/c1-4-20-22(19-13-9-6-10-14-19)24-21(18-11-7-5-8-12-18)16-23(20,25)15-17(2)3/h5-14,20-22,24-25H,2,4,15-16H2,1,3H3/t20-,21+,22-,23-/m0/s1. The lowest BCUT2D eigenvalue weighted by Gasteiger charge is -2.49. The molecular weight excluding hydrogens is 306 g/mol. The lowest BCUT2D eigenvalue weighted by Crippen LogP contribution is -2.53. The van der Waals surface area contributed by atoms with Crippen LogP contribution >= 0.6 is 0 Å². The first-order valence-corrected chi connectivity index (χ1v) is 9.26. The molecule has 2 heteroatoms. The van der Waals surface area contributed by atoms with Crippen LogP contribution in [0.5, 0.6) is 0 Å². The van der Waals surface area contributed by atoms with E-state index >= 15 is 0 Å². The molecule has 0 amide bonds. The van der Waals surface area contributed by atoms with E-state index in [-0.39, 0.29) is 18.0 Å². The minimum absolute atomic E-state index is 0.134. The summed E-state index contributed by atoms with van der Waals surface area (Å²) in [5.74, 6) is 0.159. The van der Waals surface area contributed by atoms with Crippen molar-refractivity contribution in [3.05, 3.63) is 83.9 Å². The molecular formula is C23H29NO. The van der Waals surface area contributed by atoms with Gasteiger partial charge in [-0.05, 0) is 37.3 Å². The van der Waals surface area contributed by atoms with E-state index in [4.69, 9.17) is 0 Å². The number of nitrogens with one attached hydrogen (secondary N) is 1. The Morgan fingerprint density at radius 1 is 1.08 bits per heavy atom. The van der Waals surface area contributed by atoms with E-state index in [1.54, 1.807) is 0 Å². The summed E-state index contributed by atoms with van der Waals surface area (Å²) in [6.07, 6.45) is 2.30. The van der Waals surface area contributed by atoms with E-state index < -0.39 is 5.60 Å². The molecule has 2 aromatic carbocycles. The number of piperidine rings is 1. The highest BCUT2D eigenvalue weighted by molar-refractivity contribution is 5.27. The highest BCUT2D eigenvalue weighted by Crippen LogP contribution is 2.47. The van der Waals surface area contributed by atoms with E-state index in [0.29, 0.717) is 12.8 Å². The molecule has 0 bridgehead atoms. The first-order valence-electron chi connectivity index (χ1n) is 9.26. The second-order valence-corrected chi connectivity index (χ2v) is 7.47. The summed E-state index contributed by atoms with van der Waals surface area (Å²) in [7, 11) is 0. The van der Waals surface area contributed by atoms with E-state index in [9.17, 15) is 5.11 Å². The Bertz CT molecular complexity index is 697. The quantitative estimate of drug-likeness (QED) is 0.737. The van der Waals surface area contributed by atoms with Crippen LogP contribution in [-0.4, -0.2) is 10.7 Å². The average Bonchev–Trinajstić information content (AvgIpc) is 2.61. The Morgan fingerprint density at radius 3 is 2.16 bits per heavy atom. The van der Waals surface area contributed by atoms with E-state index in [1.165, 1.54) is 11.1 Å².